The highest BCUT2D eigenvalue weighted by Gasteiger charge is 2.20. The third kappa shape index (κ3) is 7.85. The van der Waals surface area contributed by atoms with E-state index < -0.39 is 0 Å². The molecule has 0 spiro atoms. The van der Waals surface area contributed by atoms with Gasteiger partial charge in [-0.1, -0.05) is 49.7 Å². The van der Waals surface area contributed by atoms with Crippen molar-refractivity contribution in [1.82, 2.24) is 16.0 Å². The number of hydrogen-bond acceptors (Lipinski definition) is 2. The molecule has 2 rings (SSSR count). The molecular weight excluding hydrogens is 499 g/mol. The van der Waals surface area contributed by atoms with Crippen LogP contribution in [-0.4, -0.2) is 39.1 Å². The van der Waals surface area contributed by atoms with Crippen molar-refractivity contribution in [2.45, 2.75) is 25.7 Å². The average molecular weight is 529 g/mol. The number of rotatable bonds is 7. The SMILES string of the molecule is CN=C(NCCc1cccc(C(=O)NC)c1)NCC(C)(C)c1ccc(Cl)cc1.I. The Hall–Kier alpha value is -1.80. The standard InChI is InChI=1S/C22H29ClN4O.HI/c1-22(2,18-8-10-19(23)11-9-18)15-27-21(25-4)26-13-12-16-6-5-7-17(14-16)20(28)24-3;/h5-11,14H,12-13,15H2,1-4H3,(H,24,28)(H2,25,26,27);1H. The molecule has 5 nitrogen and oxygen atoms in total. The Labute approximate surface area is 195 Å². The fourth-order valence-corrected chi connectivity index (χ4v) is 2.99. The average Bonchev–Trinajstić information content (AvgIpc) is 2.70. The Balaban J connectivity index is 0.00000420. The molecule has 0 heterocycles. The fraction of sp³-hybridized carbons (Fsp3) is 0.364. The lowest BCUT2D eigenvalue weighted by Crippen LogP contribution is -2.44. The van der Waals surface area contributed by atoms with Crippen LogP contribution in [0.4, 0.5) is 0 Å². The van der Waals surface area contributed by atoms with Crippen molar-refractivity contribution in [2.75, 3.05) is 27.2 Å². The van der Waals surface area contributed by atoms with Gasteiger partial charge >= 0.3 is 0 Å². The fourth-order valence-electron chi connectivity index (χ4n) is 2.87. The molecule has 2 aromatic carbocycles. The topological polar surface area (TPSA) is 65.5 Å². The summed E-state index contributed by atoms with van der Waals surface area (Å²) in [6.07, 6.45) is 0.798. The van der Waals surface area contributed by atoms with Crippen LogP contribution in [0.2, 0.25) is 5.02 Å². The molecule has 0 aromatic heterocycles. The molecule has 0 bridgehead atoms. The van der Waals surface area contributed by atoms with E-state index in [1.807, 2.05) is 36.4 Å². The Morgan fingerprint density at radius 3 is 2.41 bits per heavy atom. The number of nitrogens with zero attached hydrogens (tertiary/aromatic N) is 1. The first kappa shape index (κ1) is 25.2. The first-order valence-electron chi connectivity index (χ1n) is 9.37. The van der Waals surface area contributed by atoms with Gasteiger partial charge in [-0.05, 0) is 41.8 Å². The summed E-state index contributed by atoms with van der Waals surface area (Å²) in [6.45, 7) is 5.82. The molecule has 0 saturated heterocycles. The Morgan fingerprint density at radius 2 is 1.79 bits per heavy atom. The first-order valence-corrected chi connectivity index (χ1v) is 9.75. The quantitative estimate of drug-likeness (QED) is 0.289. The molecule has 0 aliphatic carbocycles. The molecular formula is C22H30ClIN4O. The van der Waals surface area contributed by atoms with Crippen molar-refractivity contribution in [3.8, 4) is 0 Å². The number of nitrogens with one attached hydrogen (secondary N) is 3. The predicted molar refractivity (Wildman–Crippen MR) is 133 cm³/mol. The monoisotopic (exact) mass is 528 g/mol. The Morgan fingerprint density at radius 1 is 1.10 bits per heavy atom. The van der Waals surface area contributed by atoms with E-state index in [2.05, 4.69) is 46.9 Å². The van der Waals surface area contributed by atoms with Crippen molar-refractivity contribution in [3.63, 3.8) is 0 Å². The largest absolute Gasteiger partial charge is 0.356 e. The van der Waals surface area contributed by atoms with Crippen LogP contribution in [0.15, 0.2) is 53.5 Å². The number of guanidine groups is 1. The van der Waals surface area contributed by atoms with Gasteiger partial charge in [0, 0.05) is 43.2 Å². The van der Waals surface area contributed by atoms with Gasteiger partial charge in [0.2, 0.25) is 0 Å². The second-order valence-electron chi connectivity index (χ2n) is 7.27. The third-order valence-corrected chi connectivity index (χ3v) is 4.92. The number of amides is 1. The number of halogens is 2. The Kier molecular flexibility index (Phi) is 10.5. The van der Waals surface area contributed by atoms with Gasteiger partial charge in [-0.3, -0.25) is 9.79 Å². The van der Waals surface area contributed by atoms with Crippen molar-refractivity contribution < 1.29 is 4.79 Å². The minimum absolute atomic E-state index is 0. The lowest BCUT2D eigenvalue weighted by Gasteiger charge is -2.27. The molecule has 2 aromatic rings. The maximum Gasteiger partial charge on any atom is 0.251 e. The van der Waals surface area contributed by atoms with Crippen molar-refractivity contribution in [1.29, 1.82) is 0 Å². The smallest absolute Gasteiger partial charge is 0.251 e. The number of aliphatic imine (C=N–C) groups is 1. The van der Waals surface area contributed by atoms with E-state index >= 15 is 0 Å². The summed E-state index contributed by atoms with van der Waals surface area (Å²) in [5.41, 5.74) is 2.92. The minimum atomic E-state index is -0.0725. The lowest BCUT2D eigenvalue weighted by molar-refractivity contribution is 0.0963. The second-order valence-corrected chi connectivity index (χ2v) is 7.71. The maximum absolute atomic E-state index is 11.7. The van der Waals surface area contributed by atoms with Crippen molar-refractivity contribution >= 4 is 47.4 Å². The molecule has 0 atom stereocenters. The highest BCUT2D eigenvalue weighted by Crippen LogP contribution is 2.23. The van der Waals surface area contributed by atoms with E-state index in [9.17, 15) is 4.79 Å². The van der Waals surface area contributed by atoms with Crippen molar-refractivity contribution in [3.05, 3.63) is 70.2 Å². The van der Waals surface area contributed by atoms with Gasteiger partial charge in [-0.25, -0.2) is 0 Å². The molecule has 0 fully saturated rings. The molecule has 1 amide bonds. The lowest BCUT2D eigenvalue weighted by atomic mass is 9.85. The third-order valence-electron chi connectivity index (χ3n) is 4.67. The molecule has 0 radical (unpaired) electrons. The summed E-state index contributed by atoms with van der Waals surface area (Å²) in [5.74, 6) is 0.682. The minimum Gasteiger partial charge on any atom is -0.356 e. The molecule has 0 saturated carbocycles. The number of benzene rings is 2. The van der Waals surface area contributed by atoms with Gasteiger partial charge in [0.05, 0.1) is 0 Å². The molecule has 0 aliphatic heterocycles. The van der Waals surface area contributed by atoms with E-state index in [1.165, 1.54) is 5.56 Å². The highest BCUT2D eigenvalue weighted by atomic mass is 127. The summed E-state index contributed by atoms with van der Waals surface area (Å²) >= 11 is 5.99. The number of carbonyl (C=O) groups excluding carboxylic acids is 1. The summed E-state index contributed by atoms with van der Waals surface area (Å²) < 4.78 is 0. The molecule has 158 valence electrons. The van der Waals surface area contributed by atoms with Gasteiger partial charge in [0.15, 0.2) is 5.96 Å². The number of hydrogen-bond donors (Lipinski definition) is 3. The zero-order valence-electron chi connectivity index (χ0n) is 17.4. The van der Waals surface area contributed by atoms with Crippen LogP contribution in [-0.2, 0) is 11.8 Å². The summed E-state index contributed by atoms with van der Waals surface area (Å²) in [7, 11) is 3.40. The van der Waals surface area contributed by atoms with Gasteiger partial charge in [0.1, 0.15) is 0 Å². The van der Waals surface area contributed by atoms with Crippen molar-refractivity contribution in [2.24, 2.45) is 4.99 Å². The van der Waals surface area contributed by atoms with E-state index in [4.69, 9.17) is 11.6 Å². The van der Waals surface area contributed by atoms with Gasteiger partial charge < -0.3 is 16.0 Å². The van der Waals surface area contributed by atoms with E-state index in [1.54, 1.807) is 14.1 Å². The summed E-state index contributed by atoms with van der Waals surface area (Å²) in [5, 5.41) is 10.1. The van der Waals surface area contributed by atoms with E-state index in [0.29, 0.717) is 5.56 Å². The summed E-state index contributed by atoms with van der Waals surface area (Å²) in [4.78, 5) is 16.0. The van der Waals surface area contributed by atoms with Gasteiger partial charge in [0.25, 0.3) is 5.91 Å². The van der Waals surface area contributed by atoms with Gasteiger partial charge in [-0.15, -0.1) is 24.0 Å². The highest BCUT2D eigenvalue weighted by molar-refractivity contribution is 14.0. The van der Waals surface area contributed by atoms with Crippen LogP contribution in [0.25, 0.3) is 0 Å². The van der Waals surface area contributed by atoms with E-state index in [0.717, 1.165) is 36.1 Å². The maximum atomic E-state index is 11.7. The predicted octanol–water partition coefficient (Wildman–Crippen LogP) is 4.00. The second kappa shape index (κ2) is 12.0. The van der Waals surface area contributed by atoms with Crippen LogP contribution < -0.4 is 16.0 Å². The molecule has 0 unspecified atom stereocenters. The normalized spacial score (nSPS) is 11.4. The van der Waals surface area contributed by atoms with Crippen LogP contribution in [0, 0.1) is 0 Å². The zero-order valence-corrected chi connectivity index (χ0v) is 20.5. The first-order chi connectivity index (χ1) is 13.4. The van der Waals surface area contributed by atoms with Crippen LogP contribution >= 0.6 is 35.6 Å². The summed E-state index contributed by atoms with van der Waals surface area (Å²) in [6, 6.07) is 15.6. The molecule has 7 heteroatoms. The van der Waals surface area contributed by atoms with Crippen LogP contribution in [0.1, 0.15) is 35.3 Å². The van der Waals surface area contributed by atoms with Crippen LogP contribution in [0.3, 0.4) is 0 Å². The molecule has 3 N–H and O–H groups in total. The van der Waals surface area contributed by atoms with Gasteiger partial charge in [-0.2, -0.15) is 0 Å². The van der Waals surface area contributed by atoms with E-state index in [-0.39, 0.29) is 35.3 Å². The molecule has 0 aliphatic rings. The molecule has 29 heavy (non-hydrogen) atoms. The number of carbonyl (C=O) groups is 1. The van der Waals surface area contributed by atoms with Crippen LogP contribution in [0.5, 0.6) is 0 Å². The zero-order chi connectivity index (χ0) is 20.6. The Bertz CT molecular complexity index is 822.